The summed E-state index contributed by atoms with van der Waals surface area (Å²) in [5.74, 6) is -2.01. The minimum atomic E-state index is -4.04. The number of carbonyl (C=O) groups is 2. The summed E-state index contributed by atoms with van der Waals surface area (Å²) in [6, 6.07) is 14.2. The summed E-state index contributed by atoms with van der Waals surface area (Å²) in [4.78, 5) is 23.7. The van der Waals surface area contributed by atoms with Crippen LogP contribution in [0.25, 0.3) is 20.2 Å². The summed E-state index contributed by atoms with van der Waals surface area (Å²) in [5, 5.41) is 16.6. The number of anilines is 1. The maximum absolute atomic E-state index is 13.0. The van der Waals surface area contributed by atoms with E-state index in [1.54, 1.807) is 44.2 Å². The molecular formula is C25H24FN3O5S2. The number of rotatable bonds is 8. The predicted molar refractivity (Wildman–Crippen MR) is 138 cm³/mol. The molecule has 188 valence electrons. The van der Waals surface area contributed by atoms with Gasteiger partial charge in [-0.05, 0) is 47.9 Å². The minimum absolute atomic E-state index is 0.0213. The molecular weight excluding hydrogens is 505 g/mol. The first-order valence-electron chi connectivity index (χ1n) is 11.0. The topological polar surface area (TPSA) is 125 Å². The number of carboxylic acids is 1. The number of fused-ring (bicyclic) bond motifs is 3. The van der Waals surface area contributed by atoms with E-state index in [0.717, 1.165) is 21.0 Å². The predicted octanol–water partition coefficient (Wildman–Crippen LogP) is 4.90. The van der Waals surface area contributed by atoms with Crippen LogP contribution in [0.3, 0.4) is 0 Å². The van der Waals surface area contributed by atoms with Crippen LogP contribution in [0, 0.1) is 11.7 Å². The second kappa shape index (κ2) is 10.2. The average molecular weight is 530 g/mol. The van der Waals surface area contributed by atoms with E-state index in [9.17, 15) is 27.5 Å². The van der Waals surface area contributed by atoms with E-state index in [2.05, 4.69) is 15.4 Å². The van der Waals surface area contributed by atoms with Crippen molar-refractivity contribution in [3.8, 4) is 0 Å². The van der Waals surface area contributed by atoms with Crippen LogP contribution in [0.2, 0.25) is 0 Å². The van der Waals surface area contributed by atoms with Crippen molar-refractivity contribution in [2.45, 2.75) is 31.3 Å². The Kier molecular flexibility index (Phi) is 7.25. The SMILES string of the molecule is CC(C)[C@@H](NS(=O)(=O)c1ccc2c(c1)sc1cc(NC(=O)NCc3ccc(F)cc3)ccc12)C(=O)O. The molecule has 0 spiro atoms. The maximum atomic E-state index is 13.0. The van der Waals surface area contributed by atoms with Crippen molar-refractivity contribution in [2.24, 2.45) is 5.92 Å². The van der Waals surface area contributed by atoms with Crippen molar-refractivity contribution in [1.82, 2.24) is 10.0 Å². The van der Waals surface area contributed by atoms with Gasteiger partial charge in [0, 0.05) is 32.4 Å². The van der Waals surface area contributed by atoms with Gasteiger partial charge in [-0.15, -0.1) is 11.3 Å². The first-order valence-corrected chi connectivity index (χ1v) is 13.3. The molecule has 11 heteroatoms. The highest BCUT2D eigenvalue weighted by molar-refractivity contribution is 7.89. The van der Waals surface area contributed by atoms with Gasteiger partial charge in [0.25, 0.3) is 0 Å². The molecule has 0 aliphatic heterocycles. The first kappa shape index (κ1) is 25.5. The van der Waals surface area contributed by atoms with Gasteiger partial charge in [-0.3, -0.25) is 4.79 Å². The highest BCUT2D eigenvalue weighted by atomic mass is 32.2. The summed E-state index contributed by atoms with van der Waals surface area (Å²) in [7, 11) is -4.04. The van der Waals surface area contributed by atoms with E-state index in [4.69, 9.17) is 0 Å². The summed E-state index contributed by atoms with van der Waals surface area (Å²) in [6.07, 6.45) is 0. The van der Waals surface area contributed by atoms with Gasteiger partial charge in [0.2, 0.25) is 10.0 Å². The Bertz CT molecular complexity index is 1550. The molecule has 36 heavy (non-hydrogen) atoms. The molecule has 3 aromatic carbocycles. The fourth-order valence-corrected chi connectivity index (χ4v) is 6.29. The van der Waals surface area contributed by atoms with E-state index in [0.29, 0.717) is 10.4 Å². The lowest BCUT2D eigenvalue weighted by Gasteiger charge is -2.18. The summed E-state index contributed by atoms with van der Waals surface area (Å²) in [5.41, 5.74) is 1.32. The van der Waals surface area contributed by atoms with Crippen LogP contribution in [0.4, 0.5) is 14.9 Å². The van der Waals surface area contributed by atoms with Gasteiger partial charge in [0.15, 0.2) is 0 Å². The lowest BCUT2D eigenvalue weighted by atomic mass is 10.1. The van der Waals surface area contributed by atoms with Crippen LogP contribution in [0.15, 0.2) is 65.6 Å². The van der Waals surface area contributed by atoms with Crippen molar-refractivity contribution >= 4 is 59.2 Å². The molecule has 0 aliphatic rings. The van der Waals surface area contributed by atoms with Crippen LogP contribution >= 0.6 is 11.3 Å². The molecule has 0 unspecified atom stereocenters. The van der Waals surface area contributed by atoms with Crippen LogP contribution < -0.4 is 15.4 Å². The molecule has 1 heterocycles. The molecule has 0 saturated carbocycles. The zero-order valence-electron chi connectivity index (χ0n) is 19.4. The van der Waals surface area contributed by atoms with Crippen LogP contribution in [-0.4, -0.2) is 31.6 Å². The Morgan fingerprint density at radius 2 is 1.61 bits per heavy atom. The minimum Gasteiger partial charge on any atom is -0.480 e. The first-order chi connectivity index (χ1) is 17.0. The van der Waals surface area contributed by atoms with E-state index in [1.165, 1.54) is 35.6 Å². The van der Waals surface area contributed by atoms with Crippen LogP contribution in [0.1, 0.15) is 19.4 Å². The summed E-state index contributed by atoms with van der Waals surface area (Å²) in [6.45, 7) is 3.50. The van der Waals surface area contributed by atoms with Gasteiger partial charge in [0.1, 0.15) is 11.9 Å². The fourth-order valence-electron chi connectivity index (χ4n) is 3.67. The number of thiophene rings is 1. The standard InChI is InChI=1S/C25H24FN3O5S2/c1-14(2)23(24(30)31)29-36(33,34)18-8-10-20-19-9-7-17(11-21(19)35-22(20)12-18)28-25(32)27-13-15-3-5-16(26)6-4-15/h3-12,14,23,29H,13H2,1-2H3,(H,30,31)(H2,27,28,32)/t23-/m1/s1. The largest absolute Gasteiger partial charge is 0.480 e. The second-order valence-electron chi connectivity index (χ2n) is 8.59. The Morgan fingerprint density at radius 1 is 0.972 bits per heavy atom. The number of carbonyl (C=O) groups excluding carboxylic acids is 1. The summed E-state index contributed by atoms with van der Waals surface area (Å²) >= 11 is 1.36. The second-order valence-corrected chi connectivity index (χ2v) is 11.4. The lowest BCUT2D eigenvalue weighted by Crippen LogP contribution is -2.44. The molecule has 4 N–H and O–H groups in total. The third-order valence-electron chi connectivity index (χ3n) is 5.59. The maximum Gasteiger partial charge on any atom is 0.322 e. The van der Waals surface area contributed by atoms with Gasteiger partial charge >= 0.3 is 12.0 Å². The smallest absolute Gasteiger partial charge is 0.322 e. The Balaban J connectivity index is 1.52. The number of benzene rings is 3. The highest BCUT2D eigenvalue weighted by Gasteiger charge is 2.28. The van der Waals surface area contributed by atoms with Gasteiger partial charge < -0.3 is 15.7 Å². The molecule has 4 rings (SSSR count). The normalized spacial score (nSPS) is 12.7. The molecule has 4 aromatic rings. The molecule has 8 nitrogen and oxygen atoms in total. The Morgan fingerprint density at radius 3 is 2.25 bits per heavy atom. The highest BCUT2D eigenvalue weighted by Crippen LogP contribution is 2.36. The number of aliphatic carboxylic acids is 1. The quantitative estimate of drug-likeness (QED) is 0.258. The monoisotopic (exact) mass is 529 g/mol. The van der Waals surface area contributed by atoms with E-state index in [1.807, 2.05) is 6.07 Å². The van der Waals surface area contributed by atoms with Crippen LogP contribution in [-0.2, 0) is 21.4 Å². The van der Waals surface area contributed by atoms with Crippen molar-refractivity contribution < 1.29 is 27.5 Å². The van der Waals surface area contributed by atoms with Crippen LogP contribution in [0.5, 0.6) is 0 Å². The van der Waals surface area contributed by atoms with Crippen molar-refractivity contribution in [3.05, 3.63) is 72.0 Å². The molecule has 1 aromatic heterocycles. The number of sulfonamides is 1. The van der Waals surface area contributed by atoms with Gasteiger partial charge in [-0.2, -0.15) is 4.72 Å². The van der Waals surface area contributed by atoms with Gasteiger partial charge in [-0.1, -0.05) is 38.1 Å². The Labute approximate surface area is 211 Å². The number of nitrogens with one attached hydrogen (secondary N) is 3. The average Bonchev–Trinajstić information content (AvgIpc) is 3.19. The molecule has 1 atom stereocenters. The molecule has 0 fully saturated rings. The third kappa shape index (κ3) is 5.64. The van der Waals surface area contributed by atoms with Gasteiger partial charge in [-0.25, -0.2) is 17.6 Å². The van der Waals surface area contributed by atoms with E-state index >= 15 is 0 Å². The molecule has 2 amide bonds. The van der Waals surface area contributed by atoms with E-state index in [-0.39, 0.29) is 17.3 Å². The zero-order chi connectivity index (χ0) is 26.0. The molecule has 0 bridgehead atoms. The molecule has 0 aliphatic carbocycles. The zero-order valence-corrected chi connectivity index (χ0v) is 21.0. The number of halogens is 1. The number of hydrogen-bond donors (Lipinski definition) is 4. The third-order valence-corrected chi connectivity index (χ3v) is 8.15. The van der Waals surface area contributed by atoms with Crippen molar-refractivity contribution in [2.75, 3.05) is 5.32 Å². The van der Waals surface area contributed by atoms with Crippen molar-refractivity contribution in [3.63, 3.8) is 0 Å². The van der Waals surface area contributed by atoms with E-state index < -0.39 is 34.0 Å². The molecule has 0 radical (unpaired) electrons. The lowest BCUT2D eigenvalue weighted by molar-refractivity contribution is -0.140. The fraction of sp³-hybridized carbons (Fsp3) is 0.200. The van der Waals surface area contributed by atoms with Crippen molar-refractivity contribution in [1.29, 1.82) is 0 Å². The Hall–Kier alpha value is -3.54. The number of amides is 2. The number of carboxylic acid groups (broad SMARTS) is 1. The summed E-state index contributed by atoms with van der Waals surface area (Å²) < 4.78 is 42.5. The van der Waals surface area contributed by atoms with Gasteiger partial charge in [0.05, 0.1) is 4.90 Å². The number of urea groups is 1. The number of hydrogen-bond acceptors (Lipinski definition) is 5. The molecule has 0 saturated heterocycles.